The Bertz CT molecular complexity index is 1570. The Hall–Kier alpha value is -3.97. The molecule has 1 N–H and O–H groups in total. The molecule has 0 saturated carbocycles. The van der Waals surface area contributed by atoms with Crippen molar-refractivity contribution in [3.63, 3.8) is 0 Å². The summed E-state index contributed by atoms with van der Waals surface area (Å²) in [6.07, 6.45) is 1.01. The molecular weight excluding hydrogens is 466 g/mol. The molecule has 1 aliphatic heterocycles. The fourth-order valence-corrected chi connectivity index (χ4v) is 5.06. The van der Waals surface area contributed by atoms with Crippen molar-refractivity contribution in [2.24, 2.45) is 0 Å². The summed E-state index contributed by atoms with van der Waals surface area (Å²) in [5, 5.41) is 17.4. The SMILES string of the molecule is CC(C)c1ccc(-c2nc(C3(O)CCN(C(=O)Cc4ccc5oc6ccccc6c5c4)CC3)no2)cc1. The first kappa shape index (κ1) is 23.4. The van der Waals surface area contributed by atoms with Crippen molar-refractivity contribution in [1.82, 2.24) is 15.0 Å². The van der Waals surface area contributed by atoms with Crippen LogP contribution in [0.15, 0.2) is 75.7 Å². The summed E-state index contributed by atoms with van der Waals surface area (Å²) in [6, 6.07) is 21.8. The number of aromatic nitrogens is 2. The maximum absolute atomic E-state index is 13.1. The van der Waals surface area contributed by atoms with Crippen molar-refractivity contribution in [1.29, 1.82) is 0 Å². The summed E-state index contributed by atoms with van der Waals surface area (Å²) >= 11 is 0. The average Bonchev–Trinajstić information content (AvgIpc) is 3.55. The van der Waals surface area contributed by atoms with Gasteiger partial charge in [-0.2, -0.15) is 4.98 Å². The molecule has 1 aliphatic rings. The van der Waals surface area contributed by atoms with Gasteiger partial charge in [0.05, 0.1) is 6.42 Å². The highest BCUT2D eigenvalue weighted by atomic mass is 16.5. The van der Waals surface area contributed by atoms with E-state index in [0.717, 1.165) is 33.1 Å². The van der Waals surface area contributed by atoms with Gasteiger partial charge >= 0.3 is 0 Å². The van der Waals surface area contributed by atoms with E-state index >= 15 is 0 Å². The van der Waals surface area contributed by atoms with Crippen molar-refractivity contribution >= 4 is 27.8 Å². The second-order valence-corrected chi connectivity index (χ2v) is 10.2. The summed E-state index contributed by atoms with van der Waals surface area (Å²) in [4.78, 5) is 19.4. The van der Waals surface area contributed by atoms with Gasteiger partial charge in [0.2, 0.25) is 11.7 Å². The van der Waals surface area contributed by atoms with Crippen molar-refractivity contribution in [2.75, 3.05) is 13.1 Å². The van der Waals surface area contributed by atoms with Crippen LogP contribution in [-0.4, -0.2) is 39.1 Å². The van der Waals surface area contributed by atoms with Crippen molar-refractivity contribution in [2.45, 2.75) is 44.6 Å². The molecule has 7 heteroatoms. The van der Waals surface area contributed by atoms with Crippen LogP contribution in [-0.2, 0) is 16.8 Å². The second kappa shape index (κ2) is 9.16. The minimum absolute atomic E-state index is 0.0354. The highest BCUT2D eigenvalue weighted by Gasteiger charge is 2.39. The number of amides is 1. The molecular formula is C30H29N3O4. The first-order valence-electron chi connectivity index (χ1n) is 12.7. The summed E-state index contributed by atoms with van der Waals surface area (Å²) in [5.41, 5.74) is 3.43. The molecule has 0 aliphatic carbocycles. The van der Waals surface area contributed by atoms with Gasteiger partial charge in [0, 0.05) is 42.3 Å². The Morgan fingerprint density at radius 1 is 1.00 bits per heavy atom. The molecule has 1 fully saturated rings. The van der Waals surface area contributed by atoms with Gasteiger partial charge in [-0.15, -0.1) is 0 Å². The molecule has 3 heterocycles. The van der Waals surface area contributed by atoms with E-state index in [-0.39, 0.29) is 11.7 Å². The topological polar surface area (TPSA) is 92.6 Å². The Balaban J connectivity index is 1.12. The van der Waals surface area contributed by atoms with E-state index in [1.165, 1.54) is 5.56 Å². The number of nitrogens with zero attached hydrogens (tertiary/aromatic N) is 3. The number of fused-ring (bicyclic) bond motifs is 3. The van der Waals surface area contributed by atoms with Gasteiger partial charge in [0.1, 0.15) is 16.8 Å². The van der Waals surface area contributed by atoms with E-state index in [9.17, 15) is 9.90 Å². The molecule has 6 rings (SSSR count). The van der Waals surface area contributed by atoms with Gasteiger partial charge in [0.25, 0.3) is 5.89 Å². The molecule has 1 amide bonds. The molecule has 0 atom stereocenters. The Morgan fingerprint density at radius 2 is 1.73 bits per heavy atom. The number of carbonyl (C=O) groups excluding carboxylic acids is 1. The highest BCUT2D eigenvalue weighted by molar-refractivity contribution is 6.05. The van der Waals surface area contributed by atoms with Gasteiger partial charge in [-0.3, -0.25) is 4.79 Å². The predicted octanol–water partition coefficient (Wildman–Crippen LogP) is 5.81. The number of para-hydroxylation sites is 1. The lowest BCUT2D eigenvalue weighted by Crippen LogP contribution is -2.46. The number of piperidine rings is 1. The Kier molecular flexibility index (Phi) is 5.80. The van der Waals surface area contributed by atoms with E-state index in [0.29, 0.717) is 44.2 Å². The maximum Gasteiger partial charge on any atom is 0.258 e. The Labute approximate surface area is 214 Å². The molecule has 2 aromatic heterocycles. The molecule has 5 aromatic rings. The molecule has 3 aromatic carbocycles. The van der Waals surface area contributed by atoms with Gasteiger partial charge < -0.3 is 18.9 Å². The second-order valence-electron chi connectivity index (χ2n) is 10.2. The molecule has 37 heavy (non-hydrogen) atoms. The first-order valence-corrected chi connectivity index (χ1v) is 12.7. The van der Waals surface area contributed by atoms with E-state index in [4.69, 9.17) is 8.94 Å². The predicted molar refractivity (Wildman–Crippen MR) is 141 cm³/mol. The van der Waals surface area contributed by atoms with Crippen LogP contribution in [0.2, 0.25) is 0 Å². The summed E-state index contributed by atoms with van der Waals surface area (Å²) in [6.45, 7) is 5.15. The van der Waals surface area contributed by atoms with E-state index in [1.807, 2.05) is 54.6 Å². The van der Waals surface area contributed by atoms with Gasteiger partial charge in [-0.05, 0) is 47.4 Å². The maximum atomic E-state index is 13.1. The van der Waals surface area contributed by atoms with E-state index in [1.54, 1.807) is 4.90 Å². The minimum atomic E-state index is -1.22. The average molecular weight is 496 g/mol. The highest BCUT2D eigenvalue weighted by Crippen LogP contribution is 2.33. The van der Waals surface area contributed by atoms with Crippen LogP contribution >= 0.6 is 0 Å². The van der Waals surface area contributed by atoms with Gasteiger partial charge in [-0.25, -0.2) is 0 Å². The lowest BCUT2D eigenvalue weighted by atomic mass is 9.90. The Morgan fingerprint density at radius 3 is 2.49 bits per heavy atom. The normalized spacial score (nSPS) is 15.6. The molecule has 0 spiro atoms. The van der Waals surface area contributed by atoms with Crippen LogP contribution in [0.3, 0.4) is 0 Å². The zero-order chi connectivity index (χ0) is 25.6. The van der Waals surface area contributed by atoms with Crippen LogP contribution in [0.1, 0.15) is 49.6 Å². The lowest BCUT2D eigenvalue weighted by molar-refractivity contribution is -0.135. The third-order valence-electron chi connectivity index (χ3n) is 7.41. The summed E-state index contributed by atoms with van der Waals surface area (Å²) < 4.78 is 11.4. The fourth-order valence-electron chi connectivity index (χ4n) is 5.06. The smallest absolute Gasteiger partial charge is 0.258 e. The summed E-state index contributed by atoms with van der Waals surface area (Å²) in [7, 11) is 0. The van der Waals surface area contributed by atoms with E-state index in [2.05, 4.69) is 36.1 Å². The fraction of sp³-hybridized carbons (Fsp3) is 0.300. The number of hydrogen-bond donors (Lipinski definition) is 1. The number of rotatable bonds is 5. The number of hydrogen-bond acceptors (Lipinski definition) is 6. The monoisotopic (exact) mass is 495 g/mol. The quantitative estimate of drug-likeness (QED) is 0.331. The first-order chi connectivity index (χ1) is 17.9. The number of aliphatic hydroxyl groups is 1. The van der Waals surface area contributed by atoms with Crippen LogP contribution in [0, 0.1) is 0 Å². The van der Waals surface area contributed by atoms with Crippen LogP contribution in [0.25, 0.3) is 33.4 Å². The molecule has 7 nitrogen and oxygen atoms in total. The zero-order valence-electron chi connectivity index (χ0n) is 21.0. The summed E-state index contributed by atoms with van der Waals surface area (Å²) in [5.74, 6) is 1.14. The third kappa shape index (κ3) is 4.40. The molecule has 0 unspecified atom stereocenters. The van der Waals surface area contributed by atoms with Gasteiger partial charge in [0.15, 0.2) is 0 Å². The largest absolute Gasteiger partial charge is 0.456 e. The number of likely N-dealkylation sites (tertiary alicyclic amines) is 1. The molecule has 0 radical (unpaired) electrons. The van der Waals surface area contributed by atoms with Crippen LogP contribution < -0.4 is 0 Å². The molecule has 1 saturated heterocycles. The zero-order valence-corrected chi connectivity index (χ0v) is 21.0. The standard InChI is InChI=1S/C30H29N3O4/c1-19(2)21-8-10-22(11-9-21)28-31-29(32-37-28)30(35)13-15-33(16-14-30)27(34)18-20-7-12-26-24(17-20)23-5-3-4-6-25(23)36-26/h3-12,17,19,35H,13-16,18H2,1-2H3. The van der Waals surface area contributed by atoms with Crippen LogP contribution in [0.4, 0.5) is 0 Å². The van der Waals surface area contributed by atoms with Crippen molar-refractivity contribution < 1.29 is 18.8 Å². The number of benzene rings is 3. The van der Waals surface area contributed by atoms with Crippen LogP contribution in [0.5, 0.6) is 0 Å². The third-order valence-corrected chi connectivity index (χ3v) is 7.41. The number of furan rings is 1. The van der Waals surface area contributed by atoms with Crippen molar-refractivity contribution in [3.8, 4) is 11.5 Å². The minimum Gasteiger partial charge on any atom is -0.456 e. The molecule has 188 valence electrons. The van der Waals surface area contributed by atoms with Crippen molar-refractivity contribution in [3.05, 3.63) is 83.7 Å². The van der Waals surface area contributed by atoms with E-state index < -0.39 is 5.60 Å². The number of carbonyl (C=O) groups is 1. The molecule has 0 bridgehead atoms. The lowest BCUT2D eigenvalue weighted by Gasteiger charge is -2.36. The van der Waals surface area contributed by atoms with Gasteiger partial charge in [-0.1, -0.05) is 55.4 Å².